The van der Waals surface area contributed by atoms with Crippen LogP contribution in [-0.2, 0) is 18.6 Å². The SMILES string of the molecule is CC[CH2][Ge]([CH2]CC)=[Zr+2]([C]1=C(C)C(C)=C(C)C1C)[CH]1C=C(c2ccccc2)c2ccccc21.[Cl-].[Cl-]. The monoisotopic (exact) mass is 632 g/mol. The molecule has 2 atom stereocenters. The van der Waals surface area contributed by atoms with E-state index in [4.69, 9.17) is 0 Å². The van der Waals surface area contributed by atoms with Crippen LogP contribution in [0.3, 0.4) is 0 Å². The molecule has 0 nitrogen and oxygen atoms in total. The molecule has 4 heteroatoms. The third kappa shape index (κ3) is 5.64. The summed E-state index contributed by atoms with van der Waals surface area (Å²) < 4.78 is 2.72. The molecule has 0 amide bonds. The van der Waals surface area contributed by atoms with E-state index < -0.39 is 28.6 Å². The normalized spacial score (nSPS) is 18.6. The van der Waals surface area contributed by atoms with E-state index in [0.29, 0.717) is 5.92 Å². The van der Waals surface area contributed by atoms with Gasteiger partial charge in [0.2, 0.25) is 0 Å². The predicted octanol–water partition coefficient (Wildman–Crippen LogP) is 2.87. The van der Waals surface area contributed by atoms with Crippen LogP contribution in [0, 0.1) is 5.92 Å². The number of hydrogen-bond acceptors (Lipinski definition) is 0. The van der Waals surface area contributed by atoms with Crippen LogP contribution in [-0.4, -0.2) is 9.98 Å². The summed E-state index contributed by atoms with van der Waals surface area (Å²) in [6.45, 7) is 14.7. The smallest absolute Gasteiger partial charge is 1.00 e. The van der Waals surface area contributed by atoms with Gasteiger partial charge in [0.1, 0.15) is 0 Å². The second kappa shape index (κ2) is 13.3. The zero-order valence-electron chi connectivity index (χ0n) is 21.5. The predicted molar refractivity (Wildman–Crippen MR) is 139 cm³/mol. The summed E-state index contributed by atoms with van der Waals surface area (Å²) in [6, 6.07) is 20.6. The van der Waals surface area contributed by atoms with Gasteiger partial charge in [0.25, 0.3) is 0 Å². The zero-order valence-corrected chi connectivity index (χ0v) is 27.6. The average molecular weight is 633 g/mol. The van der Waals surface area contributed by atoms with Crippen molar-refractivity contribution in [2.45, 2.75) is 68.5 Å². The van der Waals surface area contributed by atoms with Gasteiger partial charge in [-0.05, 0) is 0 Å². The second-order valence-electron chi connectivity index (χ2n) is 9.60. The van der Waals surface area contributed by atoms with Crippen molar-refractivity contribution in [3.8, 4) is 0 Å². The van der Waals surface area contributed by atoms with Gasteiger partial charge >= 0.3 is 206 Å². The van der Waals surface area contributed by atoms with Crippen LogP contribution >= 0.6 is 0 Å². The van der Waals surface area contributed by atoms with Crippen LogP contribution in [0.1, 0.15) is 74.7 Å². The summed E-state index contributed by atoms with van der Waals surface area (Å²) in [7, 11) is -1.14. The molecule has 34 heavy (non-hydrogen) atoms. The quantitative estimate of drug-likeness (QED) is 0.412. The summed E-state index contributed by atoms with van der Waals surface area (Å²) in [5.41, 5.74) is 11.0. The molecule has 4 rings (SSSR count). The topological polar surface area (TPSA) is 0 Å². The Balaban J connectivity index is 0.00000204. The number of hydrogen-bond donors (Lipinski definition) is 0. The number of rotatable bonds is 7. The first-order chi connectivity index (χ1) is 15.5. The molecule has 0 N–H and O–H groups in total. The maximum absolute atomic E-state index is 2.75. The molecule has 180 valence electrons. The molecule has 2 unspecified atom stereocenters. The Morgan fingerprint density at radius 2 is 1.38 bits per heavy atom. The van der Waals surface area contributed by atoms with E-state index in [2.05, 4.69) is 102 Å². The minimum absolute atomic E-state index is 0. The first-order valence-corrected chi connectivity index (χ1v) is 25.5. The fraction of sp³-hybridized carbons (Fsp3) is 0.400. The van der Waals surface area contributed by atoms with Crippen LogP contribution in [0.2, 0.25) is 10.5 Å². The fourth-order valence-electron chi connectivity index (χ4n) is 5.84. The van der Waals surface area contributed by atoms with E-state index in [1.54, 1.807) is 32.8 Å². The van der Waals surface area contributed by atoms with E-state index in [1.165, 1.54) is 29.5 Å². The number of allylic oxidation sites excluding steroid dienone is 5. The van der Waals surface area contributed by atoms with Crippen molar-refractivity contribution < 1.29 is 43.4 Å². The van der Waals surface area contributed by atoms with Gasteiger partial charge in [-0.25, -0.2) is 0 Å². The van der Waals surface area contributed by atoms with Crippen LogP contribution in [0.5, 0.6) is 0 Å². The summed E-state index contributed by atoms with van der Waals surface area (Å²) in [6.07, 6.45) is 5.52. The molecule has 0 aliphatic heterocycles. The summed E-state index contributed by atoms with van der Waals surface area (Å²) in [5, 5.41) is 3.13. The number of halogens is 2. The second-order valence-corrected chi connectivity index (χ2v) is 34.8. The van der Waals surface area contributed by atoms with E-state index in [0.717, 1.165) is 3.63 Å². The van der Waals surface area contributed by atoms with Crippen molar-refractivity contribution in [3.63, 3.8) is 0 Å². The Bertz CT molecular complexity index is 1130. The van der Waals surface area contributed by atoms with E-state index in [1.807, 2.05) is 3.28 Å². The number of benzene rings is 2. The fourth-order valence-corrected chi connectivity index (χ4v) is 49.6. The van der Waals surface area contributed by atoms with E-state index >= 15 is 0 Å². The molecule has 2 aromatic rings. The molecule has 0 saturated heterocycles. The van der Waals surface area contributed by atoms with Gasteiger partial charge in [0, 0.05) is 0 Å². The summed E-state index contributed by atoms with van der Waals surface area (Å²) >= 11 is -1.94. The van der Waals surface area contributed by atoms with Crippen molar-refractivity contribution in [1.29, 1.82) is 0 Å². The third-order valence-corrected chi connectivity index (χ3v) is 43.4. The van der Waals surface area contributed by atoms with Crippen molar-refractivity contribution in [3.05, 3.63) is 97.4 Å². The third-order valence-electron chi connectivity index (χ3n) is 7.73. The Morgan fingerprint density at radius 1 is 0.794 bits per heavy atom. The molecule has 0 saturated carbocycles. The van der Waals surface area contributed by atoms with Gasteiger partial charge in [-0.15, -0.1) is 0 Å². The maximum atomic E-state index is 2.75. The average Bonchev–Trinajstić information content (AvgIpc) is 3.28. The van der Waals surface area contributed by atoms with E-state index in [9.17, 15) is 0 Å². The summed E-state index contributed by atoms with van der Waals surface area (Å²) in [4.78, 5) is 0. The van der Waals surface area contributed by atoms with Gasteiger partial charge in [0.05, 0.1) is 0 Å². The Kier molecular flexibility index (Phi) is 11.7. The Hall–Kier alpha value is -0.334. The van der Waals surface area contributed by atoms with Gasteiger partial charge in [0.15, 0.2) is 0 Å². The van der Waals surface area contributed by atoms with Gasteiger partial charge in [-0.2, -0.15) is 0 Å². The standard InChI is InChI=1S/C15H11.C9H13.C6H14Ge.2ClH.Zr/c1-2-6-12(7-3-1)15-11-10-13-8-4-5-9-14(13)15;1-6-5-7(2)9(4)8(6)3;1-3-5-7-6-4-2;;;/h1-11H;6H,1-4H3;3-6H2,1-2H3;2*1H;/q;;;;;+2/p-2. The van der Waals surface area contributed by atoms with Gasteiger partial charge in [-0.3, -0.25) is 0 Å². The molecule has 0 heterocycles. The van der Waals surface area contributed by atoms with Gasteiger partial charge in [-0.1, -0.05) is 0 Å². The van der Waals surface area contributed by atoms with Crippen molar-refractivity contribution >= 4 is 15.5 Å². The van der Waals surface area contributed by atoms with Crippen LogP contribution in [0.25, 0.3) is 5.57 Å². The van der Waals surface area contributed by atoms with Crippen LogP contribution < -0.4 is 24.8 Å². The zero-order chi connectivity index (χ0) is 22.8. The van der Waals surface area contributed by atoms with Crippen LogP contribution in [0.15, 0.2) is 80.7 Å². The first-order valence-electron chi connectivity index (χ1n) is 12.5. The molecule has 0 aromatic heterocycles. The first kappa shape index (κ1) is 29.9. The molecular formula is C30H38Cl2GeZr. The van der Waals surface area contributed by atoms with Crippen molar-refractivity contribution in [2.24, 2.45) is 5.92 Å². The molecule has 0 bridgehead atoms. The molecule has 0 radical (unpaired) electrons. The molecule has 0 spiro atoms. The minimum Gasteiger partial charge on any atom is -1.00 e. The number of fused-ring (bicyclic) bond motifs is 1. The molecule has 2 aromatic carbocycles. The van der Waals surface area contributed by atoms with Crippen molar-refractivity contribution in [2.75, 3.05) is 0 Å². The summed E-state index contributed by atoms with van der Waals surface area (Å²) in [5.74, 6) is 0.682. The molecule has 2 aliphatic rings. The van der Waals surface area contributed by atoms with Crippen LogP contribution in [0.4, 0.5) is 0 Å². The Labute approximate surface area is 229 Å². The van der Waals surface area contributed by atoms with Gasteiger partial charge < -0.3 is 24.8 Å². The Morgan fingerprint density at radius 3 is 1.94 bits per heavy atom. The van der Waals surface area contributed by atoms with E-state index in [-0.39, 0.29) is 24.8 Å². The molecule has 0 fully saturated rings. The van der Waals surface area contributed by atoms with Crippen molar-refractivity contribution in [1.82, 2.24) is 0 Å². The maximum Gasteiger partial charge on any atom is -1.00 e. The molecular weight excluding hydrogens is 595 g/mol. The largest absolute Gasteiger partial charge is 1.00 e. The molecule has 2 aliphatic carbocycles. The minimum atomic E-state index is -1.94.